The molecule has 0 radical (unpaired) electrons. The summed E-state index contributed by atoms with van der Waals surface area (Å²) in [6.07, 6.45) is 1.67. The molecular weight excluding hydrogens is 462 g/mol. The Morgan fingerprint density at radius 3 is 2.09 bits per heavy atom. The summed E-state index contributed by atoms with van der Waals surface area (Å²) in [5, 5.41) is 11.2. The third-order valence-corrected chi connectivity index (χ3v) is 5.92. The van der Waals surface area contributed by atoms with E-state index in [0.29, 0.717) is 44.9 Å². The summed E-state index contributed by atoms with van der Waals surface area (Å²) in [7, 11) is 8.81. The van der Waals surface area contributed by atoms with Gasteiger partial charge >= 0.3 is 5.97 Å². The van der Waals surface area contributed by atoms with Crippen LogP contribution < -0.4 is 23.7 Å². The van der Waals surface area contributed by atoms with Crippen LogP contribution in [0.5, 0.6) is 28.7 Å². The zero-order valence-electron chi connectivity index (χ0n) is 19.6. The molecule has 1 aliphatic rings. The molecule has 1 heterocycles. The number of carbonyl (C=O) groups excluding carboxylic acids is 1. The van der Waals surface area contributed by atoms with Crippen LogP contribution >= 0.6 is 11.8 Å². The number of methoxy groups -OCH3 is 6. The van der Waals surface area contributed by atoms with Gasteiger partial charge < -0.3 is 33.5 Å². The minimum Gasteiger partial charge on any atom is -0.506 e. The summed E-state index contributed by atoms with van der Waals surface area (Å²) in [4.78, 5) is 17.4. The standard InChI is InChI=1S/C24H25NO8S/c1-28-15-10-8-14(12-17(15)30-3)25-23-19(24(27)33-6)20(26)18(34-23)11-13-7-9-16(29-2)22(32-5)21(13)31-4/h7-12,26H,1-6H3. The monoisotopic (exact) mass is 487 g/mol. The number of aliphatic hydroxyl groups is 1. The maximum Gasteiger partial charge on any atom is 0.344 e. The first-order valence-corrected chi connectivity index (χ1v) is 10.7. The van der Waals surface area contributed by atoms with Crippen molar-refractivity contribution in [2.24, 2.45) is 4.99 Å². The highest BCUT2D eigenvalue weighted by atomic mass is 32.2. The van der Waals surface area contributed by atoms with Crippen molar-refractivity contribution in [2.45, 2.75) is 0 Å². The van der Waals surface area contributed by atoms with Crippen LogP contribution in [0.25, 0.3) is 6.08 Å². The number of aliphatic imine (C=N–C) groups is 1. The lowest BCUT2D eigenvalue weighted by Crippen LogP contribution is -2.10. The van der Waals surface area contributed by atoms with Crippen molar-refractivity contribution in [1.29, 1.82) is 0 Å². The van der Waals surface area contributed by atoms with Crippen LogP contribution in [0.2, 0.25) is 0 Å². The van der Waals surface area contributed by atoms with Gasteiger partial charge in [-0.05, 0) is 30.3 Å². The van der Waals surface area contributed by atoms with E-state index in [4.69, 9.17) is 28.4 Å². The molecule has 9 nitrogen and oxygen atoms in total. The molecule has 0 unspecified atom stereocenters. The summed E-state index contributed by atoms with van der Waals surface area (Å²) in [6, 6.07) is 8.54. The summed E-state index contributed by atoms with van der Waals surface area (Å²) < 4.78 is 31.7. The lowest BCUT2D eigenvalue weighted by Gasteiger charge is -2.14. The van der Waals surface area contributed by atoms with Crippen LogP contribution in [0.3, 0.4) is 0 Å². The van der Waals surface area contributed by atoms with Crippen LogP contribution in [-0.2, 0) is 9.53 Å². The molecule has 1 N–H and O–H groups in total. The number of benzene rings is 2. The van der Waals surface area contributed by atoms with E-state index in [9.17, 15) is 9.90 Å². The molecule has 2 aromatic carbocycles. The number of aliphatic hydroxyl groups excluding tert-OH is 1. The topological polar surface area (TPSA) is 105 Å². The SMILES string of the molecule is COC(=O)C1=C(O)C(=Cc2ccc(OC)c(OC)c2OC)SC1=Nc1ccc(OC)c(OC)c1. The summed E-state index contributed by atoms with van der Waals surface area (Å²) in [5.74, 6) is 1.35. The zero-order valence-corrected chi connectivity index (χ0v) is 20.4. The Bertz CT molecular complexity index is 1190. The van der Waals surface area contributed by atoms with E-state index in [0.717, 1.165) is 11.8 Å². The number of thioether (sulfide) groups is 1. The van der Waals surface area contributed by atoms with Crippen molar-refractivity contribution in [3.8, 4) is 28.7 Å². The Morgan fingerprint density at radius 1 is 0.853 bits per heavy atom. The van der Waals surface area contributed by atoms with Gasteiger partial charge in [0.2, 0.25) is 5.75 Å². The van der Waals surface area contributed by atoms with Crippen molar-refractivity contribution in [2.75, 3.05) is 42.7 Å². The molecule has 0 bridgehead atoms. The van der Waals surface area contributed by atoms with Gasteiger partial charge in [0.15, 0.2) is 23.0 Å². The highest BCUT2D eigenvalue weighted by molar-refractivity contribution is 8.18. The third-order valence-electron chi connectivity index (χ3n) is 4.90. The second-order valence-electron chi connectivity index (χ2n) is 6.71. The lowest BCUT2D eigenvalue weighted by atomic mass is 10.1. The fourth-order valence-corrected chi connectivity index (χ4v) is 4.31. The number of nitrogens with zero attached hydrogens (tertiary/aromatic N) is 1. The van der Waals surface area contributed by atoms with Gasteiger partial charge in [-0.1, -0.05) is 11.8 Å². The van der Waals surface area contributed by atoms with Crippen LogP contribution in [0.4, 0.5) is 5.69 Å². The summed E-state index contributed by atoms with van der Waals surface area (Å²) in [5.41, 5.74) is 1.05. The van der Waals surface area contributed by atoms with Crippen molar-refractivity contribution in [3.63, 3.8) is 0 Å². The molecule has 1 aliphatic heterocycles. The van der Waals surface area contributed by atoms with E-state index in [-0.39, 0.29) is 16.4 Å². The molecule has 0 spiro atoms. The summed E-state index contributed by atoms with van der Waals surface area (Å²) >= 11 is 1.11. The molecule has 0 amide bonds. The van der Waals surface area contributed by atoms with Crippen molar-refractivity contribution < 1.29 is 38.3 Å². The van der Waals surface area contributed by atoms with Crippen LogP contribution in [-0.4, -0.2) is 58.8 Å². The van der Waals surface area contributed by atoms with E-state index in [1.165, 1.54) is 42.7 Å². The molecule has 0 fully saturated rings. The van der Waals surface area contributed by atoms with Crippen molar-refractivity contribution in [3.05, 3.63) is 52.1 Å². The van der Waals surface area contributed by atoms with E-state index in [1.54, 1.807) is 36.4 Å². The molecule has 0 aromatic heterocycles. The Kier molecular flexibility index (Phi) is 7.95. The minimum atomic E-state index is -0.716. The van der Waals surface area contributed by atoms with Crippen LogP contribution in [0.1, 0.15) is 5.56 Å². The maximum absolute atomic E-state index is 12.5. The number of rotatable bonds is 8. The quantitative estimate of drug-likeness (QED) is 0.538. The van der Waals surface area contributed by atoms with E-state index >= 15 is 0 Å². The Balaban J connectivity index is 2.11. The second kappa shape index (κ2) is 10.9. The van der Waals surface area contributed by atoms with Gasteiger partial charge in [-0.3, -0.25) is 0 Å². The fraction of sp³-hybridized carbons (Fsp3) is 0.250. The Hall–Kier alpha value is -3.79. The van der Waals surface area contributed by atoms with Crippen LogP contribution in [0.15, 0.2) is 51.6 Å². The lowest BCUT2D eigenvalue weighted by molar-refractivity contribution is -0.135. The largest absolute Gasteiger partial charge is 0.506 e. The molecule has 180 valence electrons. The minimum absolute atomic E-state index is 0.0482. The van der Waals surface area contributed by atoms with E-state index in [2.05, 4.69) is 4.99 Å². The molecule has 3 rings (SSSR count). The third kappa shape index (κ3) is 4.76. The zero-order chi connectivity index (χ0) is 24.8. The van der Waals surface area contributed by atoms with E-state index in [1.807, 2.05) is 0 Å². The predicted octanol–water partition coefficient (Wildman–Crippen LogP) is 4.53. The molecule has 2 aromatic rings. The molecule has 0 saturated carbocycles. The van der Waals surface area contributed by atoms with Crippen molar-refractivity contribution in [1.82, 2.24) is 0 Å². The number of ether oxygens (including phenoxy) is 6. The number of carbonyl (C=O) groups is 1. The molecule has 10 heteroatoms. The van der Waals surface area contributed by atoms with Gasteiger partial charge in [0.1, 0.15) is 16.4 Å². The highest BCUT2D eigenvalue weighted by Gasteiger charge is 2.33. The van der Waals surface area contributed by atoms with Gasteiger partial charge in [-0.25, -0.2) is 9.79 Å². The normalized spacial score (nSPS) is 15.5. The van der Waals surface area contributed by atoms with Crippen molar-refractivity contribution >= 4 is 34.5 Å². The van der Waals surface area contributed by atoms with Gasteiger partial charge in [-0.2, -0.15) is 0 Å². The number of esters is 1. The smallest absolute Gasteiger partial charge is 0.344 e. The molecule has 0 saturated heterocycles. The Labute approximate surface area is 201 Å². The van der Waals surface area contributed by atoms with Gasteiger partial charge in [0, 0.05) is 11.6 Å². The predicted molar refractivity (Wildman–Crippen MR) is 130 cm³/mol. The maximum atomic E-state index is 12.5. The highest BCUT2D eigenvalue weighted by Crippen LogP contribution is 2.45. The first-order chi connectivity index (χ1) is 16.4. The molecule has 34 heavy (non-hydrogen) atoms. The van der Waals surface area contributed by atoms with Gasteiger partial charge in [0.05, 0.1) is 53.3 Å². The molecule has 0 aliphatic carbocycles. The number of hydrogen-bond acceptors (Lipinski definition) is 10. The number of hydrogen-bond donors (Lipinski definition) is 1. The molecule has 0 atom stereocenters. The first-order valence-electron chi connectivity index (χ1n) is 9.93. The van der Waals surface area contributed by atoms with Crippen LogP contribution in [0, 0.1) is 0 Å². The second-order valence-corrected chi connectivity index (χ2v) is 7.74. The summed E-state index contributed by atoms with van der Waals surface area (Å²) in [6.45, 7) is 0. The molecular formula is C24H25NO8S. The Morgan fingerprint density at radius 2 is 1.50 bits per heavy atom. The first kappa shape index (κ1) is 24.8. The van der Waals surface area contributed by atoms with Gasteiger partial charge in [0.25, 0.3) is 0 Å². The average molecular weight is 488 g/mol. The van der Waals surface area contributed by atoms with Gasteiger partial charge in [-0.15, -0.1) is 0 Å². The van der Waals surface area contributed by atoms with E-state index < -0.39 is 5.97 Å². The average Bonchev–Trinajstić information content (AvgIpc) is 3.16. The fourth-order valence-electron chi connectivity index (χ4n) is 3.28.